The standard InChI is InChI=1S/2C18H13N2O.2C18H14N.4C12H10N.4Ir/c1-11-6-9-16(19-10-11)15-5-3-4-13-14-8-7-12(2)20-18(14)21-17(13)15;1-11-8-9-19-16(10-11)15-5-3-4-13-14-7-6-12(2)20-18(14)21-17(13)15;1-14-13-19-18(16-10-6-3-7-11-16)12-17(14)15-8-4-2-5-9-15;1-14-12-18(16-10-6-3-7-11-16)19-13-17(14)15-8-4-2-5-9-15;4*1-10-7-8-12(13-9-10)11-5-3-2-4-6-11;;;;/h2*3-4,6-10H,1-2H3;2*2-10,12-13H,1H3;4*2-5,7-9H,1H3;;;;/q8*-1;;;;/i1D3;;;;4*1D3;;;;. The van der Waals surface area contributed by atoms with Gasteiger partial charge in [0, 0.05) is 178 Å². The Labute approximate surface area is 872 Å². The summed E-state index contributed by atoms with van der Waals surface area (Å²) in [5, 5.41) is 3.95. The maximum absolute atomic E-state index is 7.43. The second-order valence-electron chi connectivity index (χ2n) is 30.0. The van der Waals surface area contributed by atoms with Crippen LogP contribution in [-0.2, 0) is 80.4 Å². The van der Waals surface area contributed by atoms with Crippen LogP contribution in [0.15, 0.2) is 398 Å². The van der Waals surface area contributed by atoms with Crippen molar-refractivity contribution in [3.05, 3.63) is 494 Å². The van der Waals surface area contributed by atoms with Gasteiger partial charge in [-0.2, -0.15) is 0 Å². The van der Waals surface area contributed by atoms with Gasteiger partial charge >= 0.3 is 0 Å². The van der Waals surface area contributed by atoms with Gasteiger partial charge in [0.1, 0.15) is 0 Å². The number of hydrogen-bond acceptors (Lipinski definition) is 12. The first-order valence-electron chi connectivity index (χ1n) is 49.7. The Morgan fingerprint density at radius 3 is 0.904 bits per heavy atom. The molecule has 0 aliphatic rings. The average Bonchev–Trinajstić information content (AvgIpc) is 1.62. The van der Waals surface area contributed by atoms with E-state index in [0.717, 1.165) is 123 Å². The Morgan fingerprint density at radius 1 is 0.235 bits per heavy atom. The molecule has 12 nitrogen and oxygen atoms in total. The van der Waals surface area contributed by atoms with E-state index >= 15 is 0 Å². The maximum Gasteiger partial charge on any atom is 0.216 e. The number of benzene rings is 10. The van der Waals surface area contributed by atoms with Gasteiger partial charge in [-0.05, 0) is 200 Å². The summed E-state index contributed by atoms with van der Waals surface area (Å²) in [5.41, 5.74) is 27.6. The molecule has 680 valence electrons. The Balaban J connectivity index is 0.000000164. The number of furan rings is 2. The Morgan fingerprint density at radius 2 is 0.566 bits per heavy atom. The first kappa shape index (κ1) is 82.6. The van der Waals surface area contributed by atoms with Crippen molar-refractivity contribution in [1.29, 1.82) is 0 Å². The molecule has 0 aliphatic heterocycles. The molecule has 0 amide bonds. The van der Waals surface area contributed by atoms with E-state index in [0.29, 0.717) is 28.3 Å². The fourth-order valence-electron chi connectivity index (χ4n) is 13.8. The van der Waals surface area contributed by atoms with Crippen molar-refractivity contribution in [2.45, 2.75) is 68.9 Å². The van der Waals surface area contributed by atoms with E-state index in [4.69, 9.17) is 29.4 Å². The van der Waals surface area contributed by atoms with Gasteiger partial charge < -0.3 is 48.7 Å². The van der Waals surface area contributed by atoms with Crippen molar-refractivity contribution in [3.63, 3.8) is 0 Å². The molecule has 22 aromatic rings. The predicted molar refractivity (Wildman–Crippen MR) is 536 cm³/mol. The summed E-state index contributed by atoms with van der Waals surface area (Å²) in [6.45, 7) is -0.395. The van der Waals surface area contributed by atoms with Crippen molar-refractivity contribution in [2.75, 3.05) is 0 Å². The summed E-state index contributed by atoms with van der Waals surface area (Å²) in [7, 11) is 0. The zero-order valence-corrected chi connectivity index (χ0v) is 83.7. The molecule has 0 bridgehead atoms. The minimum absolute atomic E-state index is 0. The second kappa shape index (κ2) is 51.4. The largest absolute Gasteiger partial charge is 0.486 e. The molecule has 0 saturated heterocycles. The number of fused-ring (bicyclic) bond motifs is 6. The van der Waals surface area contributed by atoms with Gasteiger partial charge in [-0.25, -0.2) is 9.97 Å². The third kappa shape index (κ3) is 28.0. The molecular formula is C120H94Ir4N10O2-8. The van der Waals surface area contributed by atoms with Crippen LogP contribution in [0.2, 0.25) is 0 Å². The molecule has 0 aliphatic carbocycles. The monoisotopic (exact) mass is 2490 g/mol. The fraction of sp³-hybridized carbons (Fsp3) is 0.0833. The van der Waals surface area contributed by atoms with E-state index < -0.39 is 34.3 Å². The van der Waals surface area contributed by atoms with Crippen molar-refractivity contribution in [2.24, 2.45) is 0 Å². The average molecular weight is 2490 g/mol. The zero-order valence-electron chi connectivity index (χ0n) is 89.1. The molecule has 0 atom stereocenters. The van der Waals surface area contributed by atoms with Crippen molar-refractivity contribution in [1.82, 2.24) is 49.8 Å². The normalized spacial score (nSPS) is 12.3. The quantitative estimate of drug-likeness (QED) is 0.120. The van der Waals surface area contributed by atoms with E-state index in [-0.39, 0.29) is 108 Å². The van der Waals surface area contributed by atoms with Gasteiger partial charge in [0.25, 0.3) is 0 Å². The van der Waals surface area contributed by atoms with Gasteiger partial charge in [-0.15, -0.1) is 252 Å². The SMILES string of the molecule is Cc1cc(-c2[c-]cccc2)ncc1-c1ccccc1.Cc1ccnc(-c2[c-]ccc3c2oc2nc(C)ccc23)c1.Cc1cnc(-c2[c-]cccc2)cc1-c1ccccc1.[2H]C([2H])([2H])c1ccc(-c2[c-]ccc3c2oc2nc(C)ccc23)nc1.[2H]C([2H])([2H])c1ccc(-c2[c-]cccc2)nc1.[2H]C([2H])([2H])c1ccc(-c2[c-]cccc2)nc1.[2H]C([2H])([2H])c1ccc(-c2[c-]cccc2)nc1.[2H]C([2H])([2H])c1ccc(-c2[c-]cccc2)nc1.[Ir].[Ir].[Ir].[Ir]. The number of pyridine rings is 10. The van der Waals surface area contributed by atoms with Crippen LogP contribution in [-0.4, -0.2) is 49.8 Å². The molecule has 0 unspecified atom stereocenters. The summed E-state index contributed by atoms with van der Waals surface area (Å²) >= 11 is 0. The fourth-order valence-corrected chi connectivity index (χ4v) is 13.8. The molecule has 12 heterocycles. The summed E-state index contributed by atoms with van der Waals surface area (Å²) in [4.78, 5) is 43.2. The van der Waals surface area contributed by atoms with Gasteiger partial charge in [0.2, 0.25) is 11.4 Å². The van der Waals surface area contributed by atoms with Crippen molar-refractivity contribution < 1.29 is 110 Å². The van der Waals surface area contributed by atoms with Gasteiger partial charge in [0.05, 0.1) is 11.2 Å². The smallest absolute Gasteiger partial charge is 0.216 e. The third-order valence-electron chi connectivity index (χ3n) is 20.4. The van der Waals surface area contributed by atoms with E-state index in [2.05, 4.69) is 174 Å². The number of aryl methyl sites for hydroxylation is 10. The molecule has 0 saturated carbocycles. The summed E-state index contributed by atoms with van der Waals surface area (Å²) in [6.07, 6.45) is 12.6. The molecule has 22 rings (SSSR count). The predicted octanol–water partition coefficient (Wildman–Crippen LogP) is 29.4. The topological polar surface area (TPSA) is 155 Å². The Hall–Kier alpha value is -14.1. The van der Waals surface area contributed by atoms with Crippen LogP contribution in [0.4, 0.5) is 0 Å². The molecule has 4 radical (unpaired) electrons. The van der Waals surface area contributed by atoms with Crippen LogP contribution < -0.4 is 0 Å². The van der Waals surface area contributed by atoms with Crippen LogP contribution >= 0.6 is 0 Å². The van der Waals surface area contributed by atoms with Crippen LogP contribution in [0, 0.1) is 117 Å². The van der Waals surface area contributed by atoms with Gasteiger partial charge in [-0.3, -0.25) is 0 Å². The minimum Gasteiger partial charge on any atom is -0.486 e. The molecule has 16 heteroatoms. The maximum atomic E-state index is 7.43. The number of nitrogens with zero attached hydrogens (tertiary/aromatic N) is 10. The van der Waals surface area contributed by atoms with Crippen molar-refractivity contribution >= 4 is 44.1 Å². The van der Waals surface area contributed by atoms with E-state index in [1.165, 1.54) is 64.4 Å². The molecule has 136 heavy (non-hydrogen) atoms. The van der Waals surface area contributed by atoms with E-state index in [1.54, 1.807) is 84.9 Å². The number of hydrogen-bond donors (Lipinski definition) is 0. The Bertz CT molecular complexity index is 7700. The van der Waals surface area contributed by atoms with Crippen LogP contribution in [0.1, 0.15) is 76.5 Å². The molecule has 10 aromatic carbocycles. The van der Waals surface area contributed by atoms with Crippen LogP contribution in [0.5, 0.6) is 0 Å². The van der Waals surface area contributed by atoms with Gasteiger partial charge in [-0.1, -0.05) is 167 Å². The molecule has 12 aromatic heterocycles. The van der Waals surface area contributed by atoms with E-state index in [9.17, 15) is 0 Å². The molecule has 0 fully saturated rings. The van der Waals surface area contributed by atoms with Crippen molar-refractivity contribution in [3.8, 4) is 112 Å². The second-order valence-corrected chi connectivity index (χ2v) is 30.0. The first-order valence-corrected chi connectivity index (χ1v) is 42.2. The first-order chi connectivity index (χ1) is 70.6. The summed E-state index contributed by atoms with van der Waals surface area (Å²) < 4.78 is 121. The Kier molecular flexibility index (Phi) is 31.2. The van der Waals surface area contributed by atoms with Crippen LogP contribution in [0.25, 0.3) is 156 Å². The minimum atomic E-state index is -2.16. The summed E-state index contributed by atoms with van der Waals surface area (Å²) in [5.74, 6) is 0. The molecule has 0 spiro atoms. The summed E-state index contributed by atoms with van der Waals surface area (Å²) in [6, 6.07) is 132. The molecular weight excluding hydrogens is 2380 g/mol. The van der Waals surface area contributed by atoms with Crippen LogP contribution in [0.3, 0.4) is 0 Å². The molecule has 0 N–H and O–H groups in total. The number of rotatable bonds is 10. The zero-order chi connectivity index (χ0) is 104. The van der Waals surface area contributed by atoms with E-state index in [1.807, 2.05) is 233 Å². The number of aromatic nitrogens is 10. The third-order valence-corrected chi connectivity index (χ3v) is 20.4. The van der Waals surface area contributed by atoms with Gasteiger partial charge in [0.15, 0.2) is 0 Å².